The van der Waals surface area contributed by atoms with Crippen LogP contribution in [0.3, 0.4) is 0 Å². The van der Waals surface area contributed by atoms with Gasteiger partial charge < -0.3 is 82.3 Å². The Morgan fingerprint density at radius 3 is 0.939 bits per heavy atom. The first-order valence-corrected chi connectivity index (χ1v) is 16.7. The average molecular weight is 1310 g/mol. The van der Waals surface area contributed by atoms with E-state index in [1.165, 1.54) is 13.8 Å². The third kappa shape index (κ3) is 27.3. The smallest absolute Gasteiger partial charge is 0.291 e. The van der Waals surface area contributed by atoms with Gasteiger partial charge in [0.15, 0.2) is 0 Å². The quantitative estimate of drug-likeness (QED) is 0.0780. The molecule has 4 aromatic heterocycles. The summed E-state index contributed by atoms with van der Waals surface area (Å²) in [6, 6.07) is 4.26. The molecule has 0 fully saturated rings. The minimum Gasteiger partial charge on any atom is -0.501 e. The molecule has 0 aromatic carbocycles. The van der Waals surface area contributed by atoms with Crippen molar-refractivity contribution in [2.24, 2.45) is 22.9 Å². The standard InChI is InChI=1S/2C9H12N2O4.2C8H10N2O4.4CH4.2Fe.2Gd/c2*1-5-4-6(12)7(13)8(15-5)9(14)11-3-2-10;2*9-2-3-10-8(13)7-6(12)5(11)1-4-14-7;;;;;;;;/h2*4,13H,2-3,10H2,1H3,(H,11,14);2*1,4,12H,2-3,9H2,(H,10,13);4*1H4;;;;. The third-order valence-corrected chi connectivity index (χ3v) is 6.34. The number of aromatic hydroxyl groups is 4. The molecule has 16 N–H and O–H groups in total. The molecule has 66 heavy (non-hydrogen) atoms. The van der Waals surface area contributed by atoms with Crippen LogP contribution in [0, 0.1) is 93.7 Å². The summed E-state index contributed by atoms with van der Waals surface area (Å²) in [7, 11) is 0. The minimum atomic E-state index is -0.693. The molecule has 24 nitrogen and oxygen atoms in total. The summed E-state index contributed by atoms with van der Waals surface area (Å²) in [5.74, 6) is -6.42. The van der Waals surface area contributed by atoms with Crippen molar-refractivity contribution in [2.75, 3.05) is 52.4 Å². The van der Waals surface area contributed by atoms with Gasteiger partial charge in [0.25, 0.3) is 23.6 Å². The van der Waals surface area contributed by atoms with E-state index in [9.17, 15) is 48.6 Å². The van der Waals surface area contributed by atoms with Gasteiger partial charge in [-0.05, 0) is 13.8 Å². The number of nitrogens with one attached hydrogen (secondary N) is 4. The maximum absolute atomic E-state index is 11.4. The van der Waals surface area contributed by atoms with E-state index in [2.05, 4.69) is 21.3 Å². The van der Waals surface area contributed by atoms with Crippen molar-refractivity contribution >= 4 is 23.6 Å². The molecule has 4 aromatic rings. The summed E-state index contributed by atoms with van der Waals surface area (Å²) in [6.07, 6.45) is 2.08. The van der Waals surface area contributed by atoms with Gasteiger partial charge in [0.2, 0.25) is 67.8 Å². The summed E-state index contributed by atoms with van der Waals surface area (Å²) < 4.78 is 19.3. The molecule has 0 atom stereocenters. The molecule has 0 spiro atoms. The Bertz CT molecular complexity index is 2120. The second-order valence-corrected chi connectivity index (χ2v) is 10.9. The number of rotatable bonds is 12. The van der Waals surface area contributed by atoms with E-state index in [-0.39, 0.29) is 219 Å². The Morgan fingerprint density at radius 2 is 0.697 bits per heavy atom. The minimum absolute atomic E-state index is 0. The fraction of sp³-hybridized carbons (Fsp3) is 0.368. The number of carbonyl (C=O) groups excluding carboxylic acids is 4. The van der Waals surface area contributed by atoms with Crippen LogP contribution in [-0.4, -0.2) is 96.4 Å². The number of nitrogens with two attached hydrogens (primary N) is 4. The molecule has 0 aliphatic carbocycles. The zero-order valence-corrected chi connectivity index (χ0v) is 39.3. The fourth-order valence-electron chi connectivity index (χ4n) is 3.72. The molecule has 0 bridgehead atoms. The van der Waals surface area contributed by atoms with Gasteiger partial charge in [-0.3, -0.25) is 38.4 Å². The van der Waals surface area contributed by atoms with Gasteiger partial charge in [-0.25, -0.2) is 0 Å². The molecule has 0 saturated carbocycles. The second kappa shape index (κ2) is 42.7. The van der Waals surface area contributed by atoms with Crippen LogP contribution in [0.15, 0.2) is 73.6 Å². The Morgan fingerprint density at radius 1 is 0.470 bits per heavy atom. The molecule has 28 heteroatoms. The van der Waals surface area contributed by atoms with E-state index in [0.29, 0.717) is 0 Å². The number of hydrogen-bond donors (Lipinski definition) is 12. The molecule has 4 amide bonds. The molecule has 380 valence electrons. The van der Waals surface area contributed by atoms with Crippen LogP contribution in [0.1, 0.15) is 83.4 Å². The van der Waals surface area contributed by atoms with Crippen molar-refractivity contribution in [3.63, 3.8) is 0 Å². The molecule has 0 aliphatic heterocycles. The van der Waals surface area contributed by atoms with Crippen molar-refractivity contribution in [2.45, 2.75) is 43.6 Å². The molecule has 0 aliphatic rings. The van der Waals surface area contributed by atoms with Crippen LogP contribution >= 0.6 is 0 Å². The van der Waals surface area contributed by atoms with Gasteiger partial charge in [-0.15, -0.1) is 0 Å². The molecule has 0 saturated heterocycles. The maximum Gasteiger partial charge on any atom is 0.291 e. The summed E-state index contributed by atoms with van der Waals surface area (Å²) in [5.41, 5.74) is 18.1. The first-order valence-electron chi connectivity index (χ1n) is 16.7. The molecular formula is C38H60Fe2Gd2N8O16. The van der Waals surface area contributed by atoms with Crippen LogP contribution in [0.5, 0.6) is 23.0 Å². The first-order chi connectivity index (χ1) is 27.4. The Balaban J connectivity index is -0.000000109. The average Bonchev–Trinajstić information content (AvgIpc) is 3.19. The maximum atomic E-state index is 11.4. The molecule has 0 radical (unpaired) electrons. The second-order valence-electron chi connectivity index (χ2n) is 10.9. The molecule has 4 heterocycles. The summed E-state index contributed by atoms with van der Waals surface area (Å²) in [5, 5.41) is 46.4. The van der Waals surface area contributed by atoms with Crippen molar-refractivity contribution in [1.82, 2.24) is 21.3 Å². The van der Waals surface area contributed by atoms with Crippen LogP contribution in [0.25, 0.3) is 0 Å². The van der Waals surface area contributed by atoms with Crippen molar-refractivity contribution < 1.29 is 171 Å². The van der Waals surface area contributed by atoms with Gasteiger partial charge >= 0.3 is 0 Å². The summed E-state index contributed by atoms with van der Waals surface area (Å²) >= 11 is 0. The van der Waals surface area contributed by atoms with Gasteiger partial charge in [-0.1, -0.05) is 29.7 Å². The van der Waals surface area contributed by atoms with Crippen LogP contribution in [-0.2, 0) is 34.1 Å². The third-order valence-electron chi connectivity index (χ3n) is 6.34. The van der Waals surface area contributed by atoms with E-state index in [0.717, 1.165) is 36.8 Å². The zero-order valence-electron chi connectivity index (χ0n) is 32.5. The molecule has 0 unspecified atom stereocenters. The van der Waals surface area contributed by atoms with E-state index < -0.39 is 79.9 Å². The number of carbonyl (C=O) groups is 4. The molecule has 4 rings (SSSR count). The van der Waals surface area contributed by atoms with E-state index in [1.807, 2.05) is 0 Å². The normalized spacial score (nSPS) is 8.70. The summed E-state index contributed by atoms with van der Waals surface area (Å²) in [4.78, 5) is 89.2. The number of hydrogen-bond acceptors (Lipinski definition) is 20. The van der Waals surface area contributed by atoms with Gasteiger partial charge in [0, 0.05) is 191 Å². The van der Waals surface area contributed by atoms with E-state index in [4.69, 9.17) is 50.8 Å². The zero-order chi connectivity index (χ0) is 43.9. The SMILES string of the molecule is C.C.C.C.Cc1cc(=O)c(O)c(C(=O)NCCN)o1.Cc1cc(=O)c(O)c(C(=O)NCCN)o1.NCCNC(=O)c1occc(=O)c1O.NCCNC(=O)c1occc(=O)c1O.[Fe].[Fe].[Gd].[Gd]. The molecular weight excluding hydrogens is 1250 g/mol. The van der Waals surface area contributed by atoms with E-state index >= 15 is 0 Å². The first kappa shape index (κ1) is 79.5. The van der Waals surface area contributed by atoms with Gasteiger partial charge in [0.1, 0.15) is 11.5 Å². The van der Waals surface area contributed by atoms with Crippen molar-refractivity contribution in [3.8, 4) is 23.0 Å². The Labute approximate surface area is 465 Å². The van der Waals surface area contributed by atoms with Crippen LogP contribution in [0.2, 0.25) is 0 Å². The summed E-state index contributed by atoms with van der Waals surface area (Å²) in [6.45, 7) is 5.08. The van der Waals surface area contributed by atoms with Crippen LogP contribution < -0.4 is 65.9 Å². The van der Waals surface area contributed by atoms with E-state index in [1.54, 1.807) is 0 Å². The monoisotopic (exact) mass is 1310 g/mol. The topological polar surface area (TPSA) is 422 Å². The fourth-order valence-corrected chi connectivity index (χ4v) is 3.72. The predicted octanol–water partition coefficient (Wildman–Crippen LogP) is -0.708. The van der Waals surface area contributed by atoms with Crippen LogP contribution in [0.4, 0.5) is 0 Å². The van der Waals surface area contributed by atoms with Gasteiger partial charge in [-0.2, -0.15) is 0 Å². The Kier molecular flexibility index (Phi) is 51.5. The largest absolute Gasteiger partial charge is 0.501 e. The van der Waals surface area contributed by atoms with Crippen molar-refractivity contribution in [1.29, 1.82) is 0 Å². The predicted molar refractivity (Wildman–Crippen MR) is 229 cm³/mol. The number of amides is 4. The Hall–Kier alpha value is -3.59. The van der Waals surface area contributed by atoms with Gasteiger partial charge in [0.05, 0.1) is 12.5 Å². The van der Waals surface area contributed by atoms with Crippen molar-refractivity contribution in [3.05, 3.63) is 112 Å². The number of aryl methyl sites for hydroxylation is 2.